The van der Waals surface area contributed by atoms with Gasteiger partial charge in [-0.25, -0.2) is 0 Å². The Balaban J connectivity index is 2.39. The van der Waals surface area contributed by atoms with Crippen LogP contribution < -0.4 is 5.32 Å². The first-order chi connectivity index (χ1) is 9.93. The zero-order chi connectivity index (χ0) is 15.8. The number of aliphatic carboxylic acids is 1. The zero-order valence-corrected chi connectivity index (χ0v) is 13.0. The van der Waals surface area contributed by atoms with E-state index in [4.69, 9.17) is 5.11 Å². The molecule has 0 fully saturated rings. The van der Waals surface area contributed by atoms with Crippen molar-refractivity contribution in [2.45, 2.75) is 19.8 Å². The number of carbonyl (C=O) groups excluding carboxylic acids is 2. The molecule has 0 aliphatic carbocycles. The van der Waals surface area contributed by atoms with Gasteiger partial charge in [0.25, 0.3) is 5.91 Å². The lowest BCUT2D eigenvalue weighted by Crippen LogP contribution is -2.40. The van der Waals surface area contributed by atoms with Crippen LogP contribution in [0, 0.1) is 5.92 Å². The Morgan fingerprint density at radius 3 is 2.67 bits per heavy atom. The predicted octanol–water partition coefficient (Wildman–Crippen LogP) is 1.44. The lowest BCUT2D eigenvalue weighted by atomic mass is 10.0. The molecule has 21 heavy (non-hydrogen) atoms. The summed E-state index contributed by atoms with van der Waals surface area (Å²) in [5.74, 6) is -1.45. The second-order valence-electron chi connectivity index (χ2n) is 4.81. The molecule has 116 valence electrons. The van der Waals surface area contributed by atoms with E-state index in [1.54, 1.807) is 24.6 Å². The van der Waals surface area contributed by atoms with E-state index in [-0.39, 0.29) is 30.7 Å². The molecule has 0 radical (unpaired) electrons. The fraction of sp³-hybridized carbons (Fsp3) is 0.500. The molecule has 2 amide bonds. The molecule has 0 bridgehead atoms. The van der Waals surface area contributed by atoms with Gasteiger partial charge in [-0.2, -0.15) is 0 Å². The fourth-order valence-electron chi connectivity index (χ4n) is 1.80. The Bertz CT molecular complexity index is 487. The molecule has 1 heterocycles. The van der Waals surface area contributed by atoms with E-state index in [9.17, 15) is 14.4 Å². The quantitative estimate of drug-likeness (QED) is 0.760. The van der Waals surface area contributed by atoms with Crippen LogP contribution in [0.4, 0.5) is 0 Å². The number of nitrogens with zero attached hydrogens (tertiary/aromatic N) is 1. The molecular formula is C14H20N2O4S. The summed E-state index contributed by atoms with van der Waals surface area (Å²) in [6, 6.07) is 3.49. The van der Waals surface area contributed by atoms with Crippen LogP contribution in [0.3, 0.4) is 0 Å². The van der Waals surface area contributed by atoms with Crippen LogP contribution >= 0.6 is 11.3 Å². The number of thiophene rings is 1. The Labute approximate surface area is 127 Å². The summed E-state index contributed by atoms with van der Waals surface area (Å²) in [4.78, 5) is 36.3. The molecular weight excluding hydrogens is 292 g/mol. The topological polar surface area (TPSA) is 86.7 Å². The van der Waals surface area contributed by atoms with Crippen molar-refractivity contribution >= 4 is 29.1 Å². The van der Waals surface area contributed by atoms with Crippen LogP contribution in [-0.4, -0.2) is 47.9 Å². The number of likely N-dealkylation sites (N-methyl/N-ethyl adjacent to an activating group) is 1. The number of carboxylic acids is 1. The van der Waals surface area contributed by atoms with E-state index in [2.05, 4.69) is 5.32 Å². The monoisotopic (exact) mass is 312 g/mol. The van der Waals surface area contributed by atoms with E-state index in [0.29, 0.717) is 17.8 Å². The van der Waals surface area contributed by atoms with E-state index in [0.717, 1.165) is 0 Å². The molecule has 1 aromatic heterocycles. The molecule has 0 aliphatic heterocycles. The van der Waals surface area contributed by atoms with Gasteiger partial charge >= 0.3 is 5.97 Å². The fourth-order valence-corrected chi connectivity index (χ4v) is 2.51. The highest BCUT2D eigenvalue weighted by molar-refractivity contribution is 7.12. The van der Waals surface area contributed by atoms with Crippen molar-refractivity contribution in [1.82, 2.24) is 10.2 Å². The van der Waals surface area contributed by atoms with E-state index >= 15 is 0 Å². The van der Waals surface area contributed by atoms with E-state index < -0.39 is 5.97 Å². The third-order valence-electron chi connectivity index (χ3n) is 3.09. The van der Waals surface area contributed by atoms with Crippen LogP contribution in [0.5, 0.6) is 0 Å². The maximum atomic E-state index is 12.0. The van der Waals surface area contributed by atoms with Crippen molar-refractivity contribution in [3.63, 3.8) is 0 Å². The maximum absolute atomic E-state index is 12.0. The molecule has 7 heteroatoms. The molecule has 1 rings (SSSR count). The summed E-state index contributed by atoms with van der Waals surface area (Å²) in [7, 11) is 1.57. The minimum atomic E-state index is -0.874. The number of nitrogens with one attached hydrogen (secondary N) is 1. The summed E-state index contributed by atoms with van der Waals surface area (Å²) >= 11 is 1.33. The molecule has 0 aromatic carbocycles. The SMILES string of the molecule is CCC(CNC(=O)CN(C)C(=O)c1cccs1)CC(=O)O. The first-order valence-corrected chi connectivity index (χ1v) is 7.59. The van der Waals surface area contributed by atoms with Crippen LogP contribution in [0.25, 0.3) is 0 Å². The molecule has 1 atom stereocenters. The second kappa shape index (κ2) is 8.41. The number of rotatable bonds is 8. The number of hydrogen-bond donors (Lipinski definition) is 2. The summed E-state index contributed by atoms with van der Waals surface area (Å²) in [6.45, 7) is 2.15. The van der Waals surface area contributed by atoms with Gasteiger partial charge in [0.2, 0.25) is 5.91 Å². The van der Waals surface area contributed by atoms with Gasteiger partial charge in [0, 0.05) is 20.0 Å². The van der Waals surface area contributed by atoms with Crippen molar-refractivity contribution in [1.29, 1.82) is 0 Å². The van der Waals surface area contributed by atoms with Crippen molar-refractivity contribution in [2.24, 2.45) is 5.92 Å². The first-order valence-electron chi connectivity index (χ1n) is 6.71. The van der Waals surface area contributed by atoms with Crippen molar-refractivity contribution < 1.29 is 19.5 Å². The molecule has 0 saturated carbocycles. The van der Waals surface area contributed by atoms with Gasteiger partial charge < -0.3 is 15.3 Å². The number of hydrogen-bond acceptors (Lipinski definition) is 4. The van der Waals surface area contributed by atoms with Crippen molar-refractivity contribution in [2.75, 3.05) is 20.1 Å². The van der Waals surface area contributed by atoms with E-state index in [1.165, 1.54) is 16.2 Å². The van der Waals surface area contributed by atoms with Gasteiger partial charge in [-0.3, -0.25) is 14.4 Å². The molecule has 0 aliphatic rings. The Morgan fingerprint density at radius 1 is 1.43 bits per heavy atom. The lowest BCUT2D eigenvalue weighted by molar-refractivity contribution is -0.138. The predicted molar refractivity (Wildman–Crippen MR) is 80.3 cm³/mol. The van der Waals surface area contributed by atoms with Crippen LogP contribution in [-0.2, 0) is 9.59 Å². The standard InChI is InChI=1S/C14H20N2O4S/c1-3-10(7-13(18)19)8-15-12(17)9-16(2)14(20)11-5-4-6-21-11/h4-6,10H,3,7-9H2,1-2H3,(H,15,17)(H,18,19). The Hall–Kier alpha value is -1.89. The zero-order valence-electron chi connectivity index (χ0n) is 12.2. The number of carboxylic acid groups (broad SMARTS) is 1. The van der Waals surface area contributed by atoms with Gasteiger partial charge in [0.15, 0.2) is 0 Å². The highest BCUT2D eigenvalue weighted by Gasteiger charge is 2.17. The van der Waals surface area contributed by atoms with Crippen molar-refractivity contribution in [3.8, 4) is 0 Å². The molecule has 0 spiro atoms. The summed E-state index contributed by atoms with van der Waals surface area (Å²) in [6.07, 6.45) is 0.706. The maximum Gasteiger partial charge on any atom is 0.303 e. The average Bonchev–Trinajstić information content (AvgIpc) is 2.96. The normalized spacial score (nSPS) is 11.7. The molecule has 1 unspecified atom stereocenters. The van der Waals surface area contributed by atoms with Crippen LogP contribution in [0.2, 0.25) is 0 Å². The van der Waals surface area contributed by atoms with Crippen LogP contribution in [0.1, 0.15) is 29.4 Å². The lowest BCUT2D eigenvalue weighted by Gasteiger charge is -2.18. The van der Waals surface area contributed by atoms with Crippen LogP contribution in [0.15, 0.2) is 17.5 Å². The molecule has 1 aromatic rings. The largest absolute Gasteiger partial charge is 0.481 e. The first kappa shape index (κ1) is 17.2. The number of carbonyl (C=O) groups is 3. The molecule has 0 saturated heterocycles. The van der Waals surface area contributed by atoms with Gasteiger partial charge in [-0.1, -0.05) is 19.4 Å². The van der Waals surface area contributed by atoms with Crippen molar-refractivity contribution in [3.05, 3.63) is 22.4 Å². The second-order valence-corrected chi connectivity index (χ2v) is 5.76. The highest BCUT2D eigenvalue weighted by atomic mass is 32.1. The molecule has 2 N–H and O–H groups in total. The highest BCUT2D eigenvalue weighted by Crippen LogP contribution is 2.11. The smallest absolute Gasteiger partial charge is 0.303 e. The minimum Gasteiger partial charge on any atom is -0.481 e. The van der Waals surface area contributed by atoms with Gasteiger partial charge in [0.1, 0.15) is 0 Å². The third-order valence-corrected chi connectivity index (χ3v) is 3.95. The summed E-state index contributed by atoms with van der Waals surface area (Å²) < 4.78 is 0. The Kier molecular flexibility index (Phi) is 6.87. The third kappa shape index (κ3) is 5.95. The number of amides is 2. The minimum absolute atomic E-state index is 0.0285. The molecule has 6 nitrogen and oxygen atoms in total. The summed E-state index contributed by atoms with van der Waals surface area (Å²) in [5, 5.41) is 13.2. The average molecular weight is 312 g/mol. The Morgan fingerprint density at radius 2 is 2.14 bits per heavy atom. The van der Waals surface area contributed by atoms with E-state index in [1.807, 2.05) is 6.92 Å². The summed E-state index contributed by atoms with van der Waals surface area (Å²) in [5.41, 5.74) is 0. The van der Waals surface area contributed by atoms with Gasteiger partial charge in [0.05, 0.1) is 11.4 Å². The van der Waals surface area contributed by atoms with Gasteiger partial charge in [-0.15, -0.1) is 11.3 Å². The van der Waals surface area contributed by atoms with Gasteiger partial charge in [-0.05, 0) is 17.4 Å².